The first-order chi connectivity index (χ1) is 19.2. The lowest BCUT2D eigenvalue weighted by molar-refractivity contribution is -0.665. The Morgan fingerprint density at radius 2 is 1.31 bits per heavy atom. The molecule has 0 amide bonds. The minimum absolute atomic E-state index is 0.941. The lowest BCUT2D eigenvalue weighted by atomic mass is 10.1. The molecule has 2 heterocycles. The van der Waals surface area contributed by atoms with Gasteiger partial charge in [0.05, 0.1) is 16.8 Å². The van der Waals surface area contributed by atoms with E-state index in [2.05, 4.69) is 151 Å². The van der Waals surface area contributed by atoms with Gasteiger partial charge in [0.15, 0.2) is 0 Å². The summed E-state index contributed by atoms with van der Waals surface area (Å²) in [5.74, 6) is 0. The number of hydrogen-bond donors (Lipinski definition) is 0. The van der Waals surface area contributed by atoms with Crippen LogP contribution in [0.4, 0.5) is 5.69 Å². The van der Waals surface area contributed by atoms with Crippen LogP contribution in [0.25, 0.3) is 40.6 Å². The molecule has 6 rings (SSSR count). The molecule has 1 aliphatic heterocycles. The Bertz CT molecular complexity index is 1700. The molecular weight excluding hydrogens is 513 g/mol. The molecule has 0 N–H and O–H groups in total. The van der Waals surface area contributed by atoms with Crippen molar-refractivity contribution < 1.29 is 4.57 Å². The second-order valence-electron chi connectivity index (χ2n) is 9.46. The van der Waals surface area contributed by atoms with Crippen LogP contribution >= 0.6 is 23.1 Å². The van der Waals surface area contributed by atoms with Gasteiger partial charge in [-0.15, -0.1) is 0 Å². The lowest BCUT2D eigenvalue weighted by Gasteiger charge is -2.17. The lowest BCUT2D eigenvalue weighted by Crippen LogP contribution is -2.33. The fraction of sp³-hybridized carbons (Fsp3) is 0.114. The van der Waals surface area contributed by atoms with E-state index >= 15 is 0 Å². The van der Waals surface area contributed by atoms with Gasteiger partial charge < -0.3 is 4.90 Å². The topological polar surface area (TPSA) is 7.12 Å². The third-order valence-electron chi connectivity index (χ3n) is 6.93. The van der Waals surface area contributed by atoms with E-state index in [4.69, 9.17) is 0 Å². The fourth-order valence-corrected chi connectivity index (χ4v) is 7.43. The van der Waals surface area contributed by atoms with Crippen molar-refractivity contribution in [1.82, 2.24) is 0 Å². The number of aromatic nitrogens is 1. The van der Waals surface area contributed by atoms with Gasteiger partial charge in [-0.05, 0) is 60.4 Å². The summed E-state index contributed by atoms with van der Waals surface area (Å²) >= 11 is 3.75. The van der Waals surface area contributed by atoms with E-state index < -0.39 is 0 Å². The molecule has 0 bridgehead atoms. The van der Waals surface area contributed by atoms with Gasteiger partial charge in [0.2, 0.25) is 5.52 Å². The fourth-order valence-electron chi connectivity index (χ4n) is 4.94. The Labute approximate surface area is 239 Å². The summed E-state index contributed by atoms with van der Waals surface area (Å²) in [6.07, 6.45) is 11.1. The number of benzene rings is 4. The van der Waals surface area contributed by atoms with E-state index in [-0.39, 0.29) is 0 Å². The van der Waals surface area contributed by atoms with Crippen LogP contribution in [0.5, 0.6) is 0 Å². The molecule has 1 aromatic heterocycles. The molecule has 5 aromatic rings. The number of aryl methyl sites for hydroxylation is 1. The number of hydrogen-bond acceptors (Lipinski definition) is 3. The molecule has 4 heteroatoms. The van der Waals surface area contributed by atoms with E-state index in [9.17, 15) is 0 Å². The van der Waals surface area contributed by atoms with Gasteiger partial charge in [0.1, 0.15) is 11.2 Å². The number of fused-ring (bicyclic) bond motifs is 2. The van der Waals surface area contributed by atoms with Crippen LogP contribution in [-0.2, 0) is 6.54 Å². The minimum Gasteiger partial charge on any atom is -0.335 e. The molecule has 0 spiro atoms. The molecule has 0 atom stereocenters. The van der Waals surface area contributed by atoms with Gasteiger partial charge in [0, 0.05) is 17.5 Å². The predicted molar refractivity (Wildman–Crippen MR) is 172 cm³/mol. The number of rotatable bonds is 7. The number of thiazole rings is 1. The molecule has 0 aliphatic carbocycles. The third kappa shape index (κ3) is 5.49. The molecule has 1 aliphatic rings. The van der Waals surface area contributed by atoms with Crippen LogP contribution in [0, 0.1) is 0 Å². The van der Waals surface area contributed by atoms with Crippen molar-refractivity contribution in [2.75, 3.05) is 11.4 Å². The molecule has 192 valence electrons. The zero-order chi connectivity index (χ0) is 26.6. The standard InChI is InChI=1S/C35H31N2S2/c1-3-36-30-21-19-28(17-15-26-11-7-5-8-12-26)23-32(30)38-34(36)25-35-37(4-2)31-22-20-29(24-33(31)39-35)18-16-27-13-9-6-10-14-27/h5-25H,3-4H2,1-2H3/q+1/b17-15+,18-16+. The van der Waals surface area contributed by atoms with Crippen molar-refractivity contribution in [3.63, 3.8) is 0 Å². The summed E-state index contributed by atoms with van der Waals surface area (Å²) in [5.41, 5.74) is 7.47. The first-order valence-electron chi connectivity index (χ1n) is 13.5. The van der Waals surface area contributed by atoms with Crippen LogP contribution in [0.3, 0.4) is 0 Å². The van der Waals surface area contributed by atoms with E-state index in [1.807, 2.05) is 23.1 Å². The molecule has 4 aromatic carbocycles. The first-order valence-corrected chi connectivity index (χ1v) is 15.1. The largest absolute Gasteiger partial charge is 0.335 e. The van der Waals surface area contributed by atoms with Gasteiger partial charge in [-0.2, -0.15) is 4.57 Å². The molecular formula is C35H31N2S2+. The van der Waals surface area contributed by atoms with Gasteiger partial charge >= 0.3 is 0 Å². The van der Waals surface area contributed by atoms with Crippen LogP contribution in [0.2, 0.25) is 0 Å². The third-order valence-corrected chi connectivity index (χ3v) is 9.11. The van der Waals surface area contributed by atoms with Crippen molar-refractivity contribution >= 4 is 69.4 Å². The smallest absolute Gasteiger partial charge is 0.265 e. The van der Waals surface area contributed by atoms with Crippen LogP contribution in [-0.4, -0.2) is 6.54 Å². The molecule has 0 fully saturated rings. The molecule has 2 nitrogen and oxygen atoms in total. The Morgan fingerprint density at radius 1 is 0.692 bits per heavy atom. The number of nitrogens with zero attached hydrogens (tertiary/aromatic N) is 2. The highest BCUT2D eigenvalue weighted by molar-refractivity contribution is 8.03. The molecule has 0 saturated carbocycles. The maximum atomic E-state index is 2.43. The maximum Gasteiger partial charge on any atom is 0.265 e. The van der Waals surface area contributed by atoms with Crippen LogP contribution < -0.4 is 9.47 Å². The predicted octanol–water partition coefficient (Wildman–Crippen LogP) is 9.48. The van der Waals surface area contributed by atoms with Crippen molar-refractivity contribution in [1.29, 1.82) is 0 Å². The summed E-state index contributed by atoms with van der Waals surface area (Å²) in [6.45, 7) is 6.35. The maximum absolute atomic E-state index is 2.43. The average molecular weight is 544 g/mol. The quantitative estimate of drug-likeness (QED) is 0.149. The van der Waals surface area contributed by atoms with E-state index in [1.165, 1.54) is 53.1 Å². The highest BCUT2D eigenvalue weighted by Crippen LogP contribution is 2.47. The second kappa shape index (κ2) is 11.5. The zero-order valence-corrected chi connectivity index (χ0v) is 23.9. The van der Waals surface area contributed by atoms with Crippen LogP contribution in [0.1, 0.15) is 41.1 Å². The average Bonchev–Trinajstić information content (AvgIpc) is 3.51. The molecule has 0 radical (unpaired) electrons. The van der Waals surface area contributed by atoms with Crippen molar-refractivity contribution in [2.24, 2.45) is 0 Å². The first kappa shape index (κ1) is 25.4. The van der Waals surface area contributed by atoms with Crippen LogP contribution in [0.15, 0.2) is 107 Å². The Morgan fingerprint density at radius 3 is 1.95 bits per heavy atom. The van der Waals surface area contributed by atoms with Gasteiger partial charge in [-0.25, -0.2) is 0 Å². The van der Waals surface area contributed by atoms with Gasteiger partial charge in [-0.3, -0.25) is 0 Å². The van der Waals surface area contributed by atoms with E-state index in [1.54, 1.807) is 0 Å². The summed E-state index contributed by atoms with van der Waals surface area (Å²) in [5, 5.41) is 2.57. The summed E-state index contributed by atoms with van der Waals surface area (Å²) in [6, 6.07) is 34.5. The normalized spacial score (nSPS) is 14.3. The molecule has 0 unspecified atom stereocenters. The highest BCUT2D eigenvalue weighted by atomic mass is 32.2. The van der Waals surface area contributed by atoms with E-state index in [0.717, 1.165) is 13.1 Å². The summed E-state index contributed by atoms with van der Waals surface area (Å²) in [7, 11) is 0. The Hall–Kier alpha value is -3.86. The number of thioether (sulfide) groups is 1. The second-order valence-corrected chi connectivity index (χ2v) is 11.6. The summed E-state index contributed by atoms with van der Waals surface area (Å²) in [4.78, 5) is 3.75. The minimum atomic E-state index is 0.941. The number of anilines is 1. The Balaban J connectivity index is 1.29. The summed E-state index contributed by atoms with van der Waals surface area (Å²) < 4.78 is 3.75. The van der Waals surface area contributed by atoms with Gasteiger partial charge in [0.25, 0.3) is 5.01 Å². The zero-order valence-electron chi connectivity index (χ0n) is 22.2. The van der Waals surface area contributed by atoms with E-state index in [0.29, 0.717) is 0 Å². The molecule has 39 heavy (non-hydrogen) atoms. The van der Waals surface area contributed by atoms with Gasteiger partial charge in [-0.1, -0.05) is 114 Å². The van der Waals surface area contributed by atoms with Crippen molar-refractivity contribution in [3.05, 3.63) is 129 Å². The highest BCUT2D eigenvalue weighted by Gasteiger charge is 2.27. The monoisotopic (exact) mass is 543 g/mol. The molecule has 0 saturated heterocycles. The SMILES string of the molecule is CCN1/C(=C/c2sc3cc(/C=C/c4ccccc4)ccc3[n+]2CC)Sc2cc(/C=C/c3ccccc3)ccc21. The van der Waals surface area contributed by atoms with Crippen molar-refractivity contribution in [2.45, 2.75) is 25.3 Å². The van der Waals surface area contributed by atoms with Crippen molar-refractivity contribution in [3.8, 4) is 0 Å². The Kier molecular flexibility index (Phi) is 7.49.